The van der Waals surface area contributed by atoms with Gasteiger partial charge in [0.2, 0.25) is 0 Å². The van der Waals surface area contributed by atoms with E-state index in [-0.39, 0.29) is 35.2 Å². The van der Waals surface area contributed by atoms with Gasteiger partial charge in [-0.1, -0.05) is 12.1 Å². The normalized spacial score (nSPS) is 10.8. The maximum absolute atomic E-state index is 10.7. The summed E-state index contributed by atoms with van der Waals surface area (Å²) < 4.78 is 0. The summed E-state index contributed by atoms with van der Waals surface area (Å²) in [5.41, 5.74) is 13.8. The Morgan fingerprint density at radius 3 is 1.83 bits per heavy atom. The van der Waals surface area contributed by atoms with Gasteiger partial charge in [0.15, 0.2) is 0 Å². The lowest BCUT2D eigenvalue weighted by molar-refractivity contribution is -0.137. The Morgan fingerprint density at radius 1 is 0.957 bits per heavy atom. The largest absolute Gasteiger partial charge is 0.506 e. The van der Waals surface area contributed by atoms with E-state index in [1.54, 1.807) is 24.3 Å². The van der Waals surface area contributed by atoms with Gasteiger partial charge in [-0.3, -0.25) is 4.79 Å². The van der Waals surface area contributed by atoms with Crippen LogP contribution in [-0.4, -0.2) is 21.3 Å². The molecule has 0 aliphatic heterocycles. The number of carboxylic acid groups (broad SMARTS) is 1. The van der Waals surface area contributed by atoms with Crippen LogP contribution < -0.4 is 11.5 Å². The molecule has 0 amide bonds. The van der Waals surface area contributed by atoms with E-state index in [0.717, 1.165) is 11.1 Å². The van der Waals surface area contributed by atoms with Gasteiger partial charge in [0.05, 0.1) is 11.4 Å². The maximum Gasteiger partial charge on any atom is 0.303 e. The fourth-order valence-electron chi connectivity index (χ4n) is 2.56. The molecule has 6 heteroatoms. The van der Waals surface area contributed by atoms with E-state index < -0.39 is 5.97 Å². The fraction of sp³-hybridized carbons (Fsp3) is 0.235. The number of aliphatic carboxylic acids is 1. The molecule has 6 nitrogen and oxygen atoms in total. The van der Waals surface area contributed by atoms with E-state index in [9.17, 15) is 15.0 Å². The molecule has 0 aromatic heterocycles. The smallest absolute Gasteiger partial charge is 0.303 e. The summed E-state index contributed by atoms with van der Waals surface area (Å²) in [6.45, 7) is 0. The zero-order chi connectivity index (χ0) is 17.0. The molecule has 0 fully saturated rings. The quantitative estimate of drug-likeness (QED) is 0.411. The van der Waals surface area contributed by atoms with Crippen molar-refractivity contribution in [3.63, 3.8) is 0 Å². The number of benzene rings is 2. The SMILES string of the molecule is Nc1cc(C(CCCC(=O)O)c2ccc(O)c(N)c2)ccc1O. The lowest BCUT2D eigenvalue weighted by Crippen LogP contribution is -2.05. The van der Waals surface area contributed by atoms with Gasteiger partial charge in [-0.15, -0.1) is 0 Å². The summed E-state index contributed by atoms with van der Waals surface area (Å²) in [4.78, 5) is 10.7. The number of nitrogens with two attached hydrogens (primary N) is 2. The highest BCUT2D eigenvalue weighted by molar-refractivity contribution is 5.66. The Kier molecular flexibility index (Phi) is 4.95. The molecule has 7 N–H and O–H groups in total. The summed E-state index contributed by atoms with van der Waals surface area (Å²) in [5.74, 6) is -0.967. The molecule has 0 spiro atoms. The number of nitrogen functional groups attached to an aromatic ring is 2. The molecule has 0 bridgehead atoms. The number of carboxylic acids is 1. The third-order valence-corrected chi connectivity index (χ3v) is 3.79. The first kappa shape index (κ1) is 16.5. The van der Waals surface area contributed by atoms with E-state index in [1.807, 2.05) is 0 Å². The highest BCUT2D eigenvalue weighted by atomic mass is 16.4. The maximum atomic E-state index is 10.7. The predicted molar refractivity (Wildman–Crippen MR) is 88.4 cm³/mol. The van der Waals surface area contributed by atoms with Crippen LogP contribution in [0.1, 0.15) is 36.3 Å². The molecule has 0 radical (unpaired) electrons. The molecule has 23 heavy (non-hydrogen) atoms. The molecular weight excluding hydrogens is 296 g/mol. The summed E-state index contributed by atoms with van der Waals surface area (Å²) in [6, 6.07) is 9.87. The highest BCUT2D eigenvalue weighted by Gasteiger charge is 2.17. The van der Waals surface area contributed by atoms with Crippen molar-refractivity contribution in [2.24, 2.45) is 0 Å². The molecule has 0 heterocycles. The second-order valence-corrected chi connectivity index (χ2v) is 5.48. The van der Waals surface area contributed by atoms with Gasteiger partial charge in [0.1, 0.15) is 11.5 Å². The van der Waals surface area contributed by atoms with E-state index in [0.29, 0.717) is 12.8 Å². The minimum absolute atomic E-state index is 0.00301. The van der Waals surface area contributed by atoms with Crippen molar-refractivity contribution in [2.45, 2.75) is 25.2 Å². The molecule has 122 valence electrons. The number of rotatable bonds is 6. The monoisotopic (exact) mass is 316 g/mol. The number of carbonyl (C=O) groups is 1. The number of phenolic OH excluding ortho intramolecular Hbond substituents is 2. The Morgan fingerprint density at radius 2 is 1.43 bits per heavy atom. The van der Waals surface area contributed by atoms with Crippen molar-refractivity contribution in [1.29, 1.82) is 0 Å². The first-order valence-corrected chi connectivity index (χ1v) is 7.27. The van der Waals surface area contributed by atoms with Gasteiger partial charge in [-0.25, -0.2) is 0 Å². The number of aromatic hydroxyl groups is 2. The van der Waals surface area contributed by atoms with Crippen LogP contribution in [0.15, 0.2) is 36.4 Å². The summed E-state index contributed by atoms with van der Waals surface area (Å²) in [7, 11) is 0. The van der Waals surface area contributed by atoms with Gasteiger partial charge in [0, 0.05) is 12.3 Å². The van der Waals surface area contributed by atoms with Crippen molar-refractivity contribution in [1.82, 2.24) is 0 Å². The number of anilines is 2. The second-order valence-electron chi connectivity index (χ2n) is 5.48. The van der Waals surface area contributed by atoms with Crippen LogP contribution in [0.4, 0.5) is 11.4 Å². The third kappa shape index (κ3) is 4.06. The summed E-state index contributed by atoms with van der Waals surface area (Å²) in [6.07, 6.45) is 1.14. The molecule has 0 unspecified atom stereocenters. The standard InChI is InChI=1S/C17H20N2O4/c18-13-8-10(4-6-15(13)20)12(2-1-3-17(22)23)11-5-7-16(21)14(19)9-11/h4-9,12,20-21H,1-3,18-19H2,(H,22,23). The van der Waals surface area contributed by atoms with Crippen molar-refractivity contribution < 1.29 is 20.1 Å². The van der Waals surface area contributed by atoms with Gasteiger partial charge in [-0.2, -0.15) is 0 Å². The zero-order valence-electron chi connectivity index (χ0n) is 12.6. The average molecular weight is 316 g/mol. The van der Waals surface area contributed by atoms with Crippen molar-refractivity contribution in [3.05, 3.63) is 47.5 Å². The second kappa shape index (κ2) is 6.91. The zero-order valence-corrected chi connectivity index (χ0v) is 12.6. The van der Waals surface area contributed by atoms with E-state index >= 15 is 0 Å². The molecule has 0 aliphatic rings. The highest BCUT2D eigenvalue weighted by Crippen LogP contribution is 2.35. The predicted octanol–water partition coefficient (Wildman–Crippen LogP) is 2.65. The Bertz CT molecular complexity index is 664. The fourth-order valence-corrected chi connectivity index (χ4v) is 2.56. The molecule has 2 rings (SSSR count). The van der Waals surface area contributed by atoms with Crippen molar-refractivity contribution in [3.8, 4) is 11.5 Å². The molecule has 0 atom stereocenters. The molecular formula is C17H20N2O4. The first-order chi connectivity index (χ1) is 10.9. The van der Waals surface area contributed by atoms with Crippen LogP contribution in [0.2, 0.25) is 0 Å². The lowest BCUT2D eigenvalue weighted by Gasteiger charge is -2.19. The molecule has 2 aromatic rings. The van der Waals surface area contributed by atoms with Crippen LogP contribution in [0.25, 0.3) is 0 Å². The van der Waals surface area contributed by atoms with Gasteiger partial charge in [-0.05, 0) is 48.2 Å². The first-order valence-electron chi connectivity index (χ1n) is 7.27. The molecule has 0 saturated carbocycles. The Labute approximate surface area is 134 Å². The van der Waals surface area contributed by atoms with E-state index in [2.05, 4.69) is 0 Å². The van der Waals surface area contributed by atoms with Crippen molar-refractivity contribution in [2.75, 3.05) is 11.5 Å². The van der Waals surface area contributed by atoms with E-state index in [4.69, 9.17) is 16.6 Å². The van der Waals surface area contributed by atoms with Crippen molar-refractivity contribution >= 4 is 17.3 Å². The number of hydrogen-bond donors (Lipinski definition) is 5. The molecule has 0 aliphatic carbocycles. The van der Waals surface area contributed by atoms with Crippen LogP contribution in [0.3, 0.4) is 0 Å². The van der Waals surface area contributed by atoms with Gasteiger partial charge < -0.3 is 26.8 Å². The van der Waals surface area contributed by atoms with E-state index in [1.165, 1.54) is 12.1 Å². The van der Waals surface area contributed by atoms with Gasteiger partial charge in [0.25, 0.3) is 0 Å². The summed E-state index contributed by atoms with van der Waals surface area (Å²) in [5, 5.41) is 28.0. The Balaban J connectivity index is 2.35. The Hall–Kier alpha value is -2.89. The molecule has 2 aromatic carbocycles. The number of phenols is 2. The van der Waals surface area contributed by atoms with Crippen LogP contribution in [-0.2, 0) is 4.79 Å². The van der Waals surface area contributed by atoms with Crippen LogP contribution >= 0.6 is 0 Å². The number of hydrogen-bond acceptors (Lipinski definition) is 5. The van der Waals surface area contributed by atoms with Gasteiger partial charge >= 0.3 is 5.97 Å². The lowest BCUT2D eigenvalue weighted by atomic mass is 9.86. The molecule has 0 saturated heterocycles. The third-order valence-electron chi connectivity index (χ3n) is 3.79. The topological polar surface area (TPSA) is 130 Å². The summed E-state index contributed by atoms with van der Waals surface area (Å²) >= 11 is 0. The average Bonchev–Trinajstić information content (AvgIpc) is 2.49. The minimum Gasteiger partial charge on any atom is -0.506 e. The minimum atomic E-state index is -0.848. The van der Waals surface area contributed by atoms with Crippen LogP contribution in [0, 0.1) is 0 Å². The van der Waals surface area contributed by atoms with Crippen LogP contribution in [0.5, 0.6) is 11.5 Å².